The third kappa shape index (κ3) is 8.45. The van der Waals surface area contributed by atoms with Crippen LogP contribution in [0.25, 0.3) is 81.9 Å². The van der Waals surface area contributed by atoms with E-state index in [2.05, 4.69) is 206 Å². The second kappa shape index (κ2) is 16.1. The Morgan fingerprint density at radius 3 is 0.792 bits per heavy atom. The van der Waals surface area contributed by atoms with Gasteiger partial charge in [0.25, 0.3) is 0 Å². The van der Waals surface area contributed by atoms with Crippen LogP contribution in [0.1, 0.15) is 44.5 Å². The van der Waals surface area contributed by atoms with Crippen molar-refractivity contribution in [3.8, 4) is 22.3 Å². The van der Waals surface area contributed by atoms with Crippen molar-refractivity contribution in [2.75, 3.05) is 0 Å². The minimum absolute atomic E-state index is 0.934. The van der Waals surface area contributed by atoms with Crippen LogP contribution in [0.15, 0.2) is 170 Å². The SMILES string of the molecule is C(=C\c1ccc(/C=C/c2ccc(-c3ccc(-c4ccc(/C=C/c5ccc(/C=C/c6ccccc6)cc5)cc4)c4nsnc34)cc2)cc1)/c1ccccc1. The lowest BCUT2D eigenvalue weighted by molar-refractivity contribution is 1.56. The Bertz CT molecular complexity index is 2360. The normalized spacial score (nSPS) is 11.8. The average molecular weight is 697 g/mol. The van der Waals surface area contributed by atoms with Gasteiger partial charge in [-0.1, -0.05) is 218 Å². The zero-order valence-corrected chi connectivity index (χ0v) is 29.9. The third-order valence-electron chi connectivity index (χ3n) is 9.20. The van der Waals surface area contributed by atoms with Gasteiger partial charge in [-0.3, -0.25) is 0 Å². The van der Waals surface area contributed by atoms with Crippen molar-refractivity contribution in [3.05, 3.63) is 214 Å². The fourth-order valence-corrected chi connectivity index (χ4v) is 6.79. The first-order chi connectivity index (χ1) is 26.2. The Morgan fingerprint density at radius 2 is 0.509 bits per heavy atom. The second-order valence-electron chi connectivity index (χ2n) is 12.9. The van der Waals surface area contributed by atoms with Crippen LogP contribution >= 0.6 is 11.7 Å². The van der Waals surface area contributed by atoms with E-state index in [0.29, 0.717) is 0 Å². The molecular weight excluding hydrogens is 661 g/mol. The maximum absolute atomic E-state index is 4.73. The molecule has 0 bridgehead atoms. The average Bonchev–Trinajstić information content (AvgIpc) is 3.73. The minimum Gasteiger partial charge on any atom is -0.172 e. The van der Waals surface area contributed by atoms with Gasteiger partial charge in [0.2, 0.25) is 0 Å². The number of fused-ring (bicyclic) bond motifs is 1. The summed E-state index contributed by atoms with van der Waals surface area (Å²) in [5.74, 6) is 0. The minimum atomic E-state index is 0.934. The van der Waals surface area contributed by atoms with Crippen LogP contribution in [0.2, 0.25) is 0 Å². The van der Waals surface area contributed by atoms with Crippen molar-refractivity contribution in [2.24, 2.45) is 0 Å². The van der Waals surface area contributed by atoms with Gasteiger partial charge in [0.05, 0.1) is 11.7 Å². The summed E-state index contributed by atoms with van der Waals surface area (Å²) < 4.78 is 9.45. The van der Waals surface area contributed by atoms with Crippen LogP contribution in [-0.2, 0) is 0 Å². The van der Waals surface area contributed by atoms with Crippen molar-refractivity contribution in [1.82, 2.24) is 8.75 Å². The standard InChI is InChI=1S/C50H36N2S/c1-3-7-37(8-4-1)11-13-39-15-19-41(20-16-39)23-25-43-27-31-45(32-28-43)47-35-36-48(50-49(47)51-53-52-50)46-33-29-44(30-34-46)26-24-42-21-17-40(18-22-42)14-12-38-9-5-2-6-10-38/h1-36H/b13-11+,14-12+,25-23+,26-24+. The molecule has 8 rings (SSSR count). The van der Waals surface area contributed by atoms with E-state index >= 15 is 0 Å². The Kier molecular flexibility index (Phi) is 10.2. The first-order valence-corrected chi connectivity index (χ1v) is 18.5. The molecule has 0 saturated carbocycles. The van der Waals surface area contributed by atoms with Gasteiger partial charge in [-0.2, -0.15) is 8.75 Å². The molecule has 0 fully saturated rings. The van der Waals surface area contributed by atoms with Crippen LogP contribution < -0.4 is 0 Å². The largest absolute Gasteiger partial charge is 0.172 e. The van der Waals surface area contributed by atoms with Crippen LogP contribution in [0, 0.1) is 0 Å². The highest BCUT2D eigenvalue weighted by atomic mass is 32.1. The maximum Gasteiger partial charge on any atom is 0.113 e. The molecule has 0 N–H and O–H groups in total. The molecule has 0 unspecified atom stereocenters. The zero-order chi connectivity index (χ0) is 35.7. The maximum atomic E-state index is 4.73. The Labute approximate surface area is 315 Å². The van der Waals surface area contributed by atoms with E-state index in [1.54, 1.807) is 0 Å². The molecule has 0 aliphatic heterocycles. The molecule has 0 spiro atoms. The van der Waals surface area contributed by atoms with Crippen LogP contribution in [-0.4, -0.2) is 8.75 Å². The van der Waals surface area contributed by atoms with Gasteiger partial charge in [-0.05, 0) is 55.6 Å². The first kappa shape index (κ1) is 33.5. The highest BCUT2D eigenvalue weighted by molar-refractivity contribution is 7.00. The predicted octanol–water partition coefficient (Wildman–Crippen LogP) is 13.7. The Morgan fingerprint density at radius 1 is 0.264 bits per heavy atom. The molecule has 0 atom stereocenters. The fourth-order valence-electron chi connectivity index (χ4n) is 6.21. The summed E-state index contributed by atoms with van der Waals surface area (Å²) in [6.07, 6.45) is 17.2. The highest BCUT2D eigenvalue weighted by Crippen LogP contribution is 2.35. The number of benzene rings is 7. The molecule has 1 aromatic heterocycles. The van der Waals surface area contributed by atoms with E-state index < -0.39 is 0 Å². The molecule has 0 aliphatic rings. The van der Waals surface area contributed by atoms with Crippen molar-refractivity contribution in [2.45, 2.75) is 0 Å². The van der Waals surface area contributed by atoms with Gasteiger partial charge < -0.3 is 0 Å². The number of hydrogen-bond donors (Lipinski definition) is 0. The summed E-state index contributed by atoms with van der Waals surface area (Å²) in [7, 11) is 0. The van der Waals surface area contributed by atoms with Gasteiger partial charge in [-0.15, -0.1) is 0 Å². The molecule has 0 amide bonds. The summed E-state index contributed by atoms with van der Waals surface area (Å²) in [5, 5.41) is 0. The predicted molar refractivity (Wildman–Crippen MR) is 230 cm³/mol. The van der Waals surface area contributed by atoms with Crippen LogP contribution in [0.3, 0.4) is 0 Å². The molecule has 252 valence electrons. The smallest absolute Gasteiger partial charge is 0.113 e. The Balaban J connectivity index is 0.914. The lowest BCUT2D eigenvalue weighted by Gasteiger charge is -2.08. The van der Waals surface area contributed by atoms with Gasteiger partial charge in [0, 0.05) is 11.1 Å². The van der Waals surface area contributed by atoms with Gasteiger partial charge in [-0.25, -0.2) is 0 Å². The monoisotopic (exact) mass is 696 g/mol. The van der Waals surface area contributed by atoms with E-state index in [-0.39, 0.29) is 0 Å². The Hall–Kier alpha value is -6.68. The number of rotatable bonds is 10. The number of nitrogens with zero attached hydrogens (tertiary/aromatic N) is 2. The van der Waals surface area contributed by atoms with E-state index in [0.717, 1.165) is 44.4 Å². The zero-order valence-electron chi connectivity index (χ0n) is 29.1. The van der Waals surface area contributed by atoms with Crippen LogP contribution in [0.4, 0.5) is 0 Å². The van der Waals surface area contributed by atoms with Gasteiger partial charge in [0.1, 0.15) is 11.0 Å². The molecule has 0 saturated heterocycles. The van der Waals surface area contributed by atoms with Crippen molar-refractivity contribution >= 4 is 71.4 Å². The van der Waals surface area contributed by atoms with Crippen molar-refractivity contribution < 1.29 is 0 Å². The summed E-state index contributed by atoms with van der Waals surface area (Å²) in [6.45, 7) is 0. The molecule has 0 aliphatic carbocycles. The second-order valence-corrected chi connectivity index (χ2v) is 13.4. The van der Waals surface area contributed by atoms with Crippen LogP contribution in [0.5, 0.6) is 0 Å². The lowest BCUT2D eigenvalue weighted by Crippen LogP contribution is -1.86. The summed E-state index contributed by atoms with van der Waals surface area (Å²) >= 11 is 1.26. The molecule has 1 heterocycles. The highest BCUT2D eigenvalue weighted by Gasteiger charge is 2.13. The molecular formula is C50H36N2S. The third-order valence-corrected chi connectivity index (χ3v) is 9.73. The summed E-state index contributed by atoms with van der Waals surface area (Å²) in [4.78, 5) is 0. The summed E-state index contributed by atoms with van der Waals surface area (Å²) in [6, 6.07) is 59.6. The number of aromatic nitrogens is 2. The van der Waals surface area contributed by atoms with E-state index in [1.807, 2.05) is 12.1 Å². The van der Waals surface area contributed by atoms with Gasteiger partial charge in [0.15, 0.2) is 0 Å². The van der Waals surface area contributed by atoms with Crippen molar-refractivity contribution in [3.63, 3.8) is 0 Å². The molecule has 2 nitrogen and oxygen atoms in total. The topological polar surface area (TPSA) is 25.8 Å². The molecule has 3 heteroatoms. The van der Waals surface area contributed by atoms with Crippen molar-refractivity contribution in [1.29, 1.82) is 0 Å². The summed E-state index contributed by atoms with van der Waals surface area (Å²) in [5.41, 5.74) is 15.7. The molecule has 8 aromatic rings. The number of hydrogen-bond acceptors (Lipinski definition) is 3. The fraction of sp³-hybridized carbons (Fsp3) is 0. The van der Waals surface area contributed by atoms with E-state index in [9.17, 15) is 0 Å². The first-order valence-electron chi connectivity index (χ1n) is 17.7. The molecule has 53 heavy (non-hydrogen) atoms. The quantitative estimate of drug-likeness (QED) is 0.133. The van der Waals surface area contributed by atoms with E-state index in [4.69, 9.17) is 8.75 Å². The van der Waals surface area contributed by atoms with E-state index in [1.165, 1.54) is 45.1 Å². The van der Waals surface area contributed by atoms with Gasteiger partial charge >= 0.3 is 0 Å². The molecule has 0 radical (unpaired) electrons. The lowest BCUT2D eigenvalue weighted by atomic mass is 9.96. The molecule has 7 aromatic carbocycles.